The second-order valence-electron chi connectivity index (χ2n) is 9.08. The molecule has 3 aromatic rings. The Morgan fingerprint density at radius 2 is 1.87 bits per heavy atom. The van der Waals surface area contributed by atoms with Crippen LogP contribution >= 0.6 is 11.6 Å². The Labute approximate surface area is 225 Å². The molecule has 0 unspecified atom stereocenters. The van der Waals surface area contributed by atoms with Gasteiger partial charge >= 0.3 is 0 Å². The molecular formula is C27H26ClN3O6S. The Morgan fingerprint density at radius 1 is 1.13 bits per heavy atom. The van der Waals surface area contributed by atoms with E-state index in [0.29, 0.717) is 33.1 Å². The van der Waals surface area contributed by atoms with Crippen LogP contribution in [-0.2, 0) is 32.1 Å². The number of carbonyl (C=O) groups is 3. The van der Waals surface area contributed by atoms with Gasteiger partial charge in [-0.2, -0.15) is 8.42 Å². The third kappa shape index (κ3) is 6.83. The van der Waals surface area contributed by atoms with Crippen molar-refractivity contribution in [2.75, 3.05) is 18.2 Å². The van der Waals surface area contributed by atoms with Crippen molar-refractivity contribution < 1.29 is 27.0 Å². The molecule has 1 atom stereocenters. The van der Waals surface area contributed by atoms with Gasteiger partial charge in [-0.1, -0.05) is 29.8 Å². The van der Waals surface area contributed by atoms with Crippen molar-refractivity contribution in [3.63, 3.8) is 0 Å². The first-order valence-electron chi connectivity index (χ1n) is 11.8. The highest BCUT2D eigenvalue weighted by Crippen LogP contribution is 2.27. The van der Waals surface area contributed by atoms with E-state index in [-0.39, 0.29) is 43.6 Å². The number of amides is 2. The summed E-state index contributed by atoms with van der Waals surface area (Å²) in [6, 6.07) is 14.1. The van der Waals surface area contributed by atoms with Crippen molar-refractivity contribution in [1.82, 2.24) is 9.88 Å². The van der Waals surface area contributed by atoms with Crippen molar-refractivity contribution in [3.05, 3.63) is 93.6 Å². The van der Waals surface area contributed by atoms with Crippen LogP contribution in [0.5, 0.6) is 0 Å². The largest absolute Gasteiger partial charge is 0.324 e. The first-order chi connectivity index (χ1) is 18.0. The van der Waals surface area contributed by atoms with Gasteiger partial charge < -0.3 is 10.2 Å². The van der Waals surface area contributed by atoms with Gasteiger partial charge in [-0.3, -0.25) is 18.6 Å². The summed E-state index contributed by atoms with van der Waals surface area (Å²) in [5.41, 5.74) is 2.92. The van der Waals surface area contributed by atoms with Crippen LogP contribution in [0.15, 0.2) is 60.8 Å². The molecule has 0 saturated carbocycles. The molecule has 4 rings (SSSR count). The molecule has 0 saturated heterocycles. The van der Waals surface area contributed by atoms with Crippen molar-refractivity contribution >= 4 is 45.1 Å². The van der Waals surface area contributed by atoms with Crippen molar-refractivity contribution in [2.45, 2.75) is 32.4 Å². The van der Waals surface area contributed by atoms with Crippen LogP contribution in [0, 0.1) is 6.92 Å². The minimum atomic E-state index is -3.71. The Morgan fingerprint density at radius 3 is 2.53 bits per heavy atom. The molecule has 1 aliphatic heterocycles. The van der Waals surface area contributed by atoms with Gasteiger partial charge in [-0.05, 0) is 66.4 Å². The number of fused-ring (bicyclic) bond motifs is 1. The van der Waals surface area contributed by atoms with Crippen molar-refractivity contribution in [2.24, 2.45) is 0 Å². The number of rotatable bonds is 8. The lowest BCUT2D eigenvalue weighted by Gasteiger charge is -2.29. The average molecular weight is 556 g/mol. The van der Waals surface area contributed by atoms with Gasteiger partial charge in [-0.25, -0.2) is 4.98 Å². The molecule has 198 valence electrons. The number of aromatic nitrogens is 1. The van der Waals surface area contributed by atoms with Crippen LogP contribution in [0.1, 0.15) is 43.8 Å². The molecule has 1 aliphatic rings. The fourth-order valence-corrected chi connectivity index (χ4v) is 4.78. The number of hydrogen-bond donors (Lipinski definition) is 1. The van der Waals surface area contributed by atoms with Gasteiger partial charge in [0.2, 0.25) is 0 Å². The number of Topliss-reactive ketones (excluding diaryl/α,β-unsaturated/α-hetero) is 1. The van der Waals surface area contributed by atoms with E-state index in [2.05, 4.69) is 10.3 Å². The lowest BCUT2D eigenvalue weighted by Crippen LogP contribution is -2.44. The van der Waals surface area contributed by atoms with Crippen LogP contribution in [0.4, 0.5) is 5.82 Å². The predicted octanol–water partition coefficient (Wildman–Crippen LogP) is 3.80. The second kappa shape index (κ2) is 11.4. The van der Waals surface area contributed by atoms with Crippen LogP contribution in [0.25, 0.3) is 0 Å². The summed E-state index contributed by atoms with van der Waals surface area (Å²) in [6.07, 6.45) is 2.56. The third-order valence-electron chi connectivity index (χ3n) is 6.08. The topological polar surface area (TPSA) is 123 Å². The van der Waals surface area contributed by atoms with E-state index in [4.69, 9.17) is 15.8 Å². The molecule has 0 spiro atoms. The maximum absolute atomic E-state index is 13.6. The number of anilines is 1. The summed E-state index contributed by atoms with van der Waals surface area (Å²) in [6.45, 7) is 1.72. The summed E-state index contributed by atoms with van der Waals surface area (Å²) < 4.78 is 27.8. The molecule has 38 heavy (non-hydrogen) atoms. The fourth-order valence-electron chi connectivity index (χ4n) is 4.19. The number of nitrogens with zero attached hydrogens (tertiary/aromatic N) is 2. The highest BCUT2D eigenvalue weighted by molar-refractivity contribution is 7.85. The maximum Gasteiger partial charge on any atom is 0.264 e. The molecule has 1 aromatic heterocycles. The molecular weight excluding hydrogens is 530 g/mol. The number of carbonyl (C=O) groups excluding carboxylic acids is 3. The monoisotopic (exact) mass is 555 g/mol. The van der Waals surface area contributed by atoms with E-state index < -0.39 is 16.2 Å². The van der Waals surface area contributed by atoms with E-state index in [0.717, 1.165) is 11.8 Å². The molecule has 0 bridgehead atoms. The number of pyridine rings is 1. The van der Waals surface area contributed by atoms with Gasteiger partial charge in [0, 0.05) is 35.3 Å². The molecule has 2 heterocycles. The van der Waals surface area contributed by atoms with Crippen molar-refractivity contribution in [3.8, 4) is 0 Å². The minimum absolute atomic E-state index is 0.00338. The molecule has 2 aromatic carbocycles. The predicted molar refractivity (Wildman–Crippen MR) is 143 cm³/mol. The first-order valence-corrected chi connectivity index (χ1v) is 14.0. The Kier molecular flexibility index (Phi) is 8.25. The van der Waals surface area contributed by atoms with E-state index in [1.807, 2.05) is 13.0 Å². The van der Waals surface area contributed by atoms with Gasteiger partial charge in [0.15, 0.2) is 5.78 Å². The average Bonchev–Trinajstić information content (AvgIpc) is 2.94. The summed E-state index contributed by atoms with van der Waals surface area (Å²) in [5.74, 6) is -0.538. The Bertz CT molecular complexity index is 1470. The van der Waals surface area contributed by atoms with Gasteiger partial charge in [0.25, 0.3) is 21.9 Å². The van der Waals surface area contributed by atoms with E-state index in [9.17, 15) is 22.8 Å². The molecule has 9 nitrogen and oxygen atoms in total. The standard InChI is InChI=1S/C27H26ClN3O6S/c1-17-3-10-25(29-15-17)30-26(33)19-6-4-18(5-7-19)16-31-23(11-12-37-38(2,35)36)24(32)14-20-13-21(28)8-9-22(20)27(31)34/h3-10,13,15,23H,11-12,14,16H2,1-2H3,(H,29,30,33)/t23-/m1/s1. The highest BCUT2D eigenvalue weighted by Gasteiger charge is 2.35. The zero-order valence-electron chi connectivity index (χ0n) is 20.8. The van der Waals surface area contributed by atoms with E-state index in [1.54, 1.807) is 54.7 Å². The summed E-state index contributed by atoms with van der Waals surface area (Å²) in [5, 5.41) is 3.14. The number of ketones is 1. The molecule has 0 radical (unpaired) electrons. The van der Waals surface area contributed by atoms with Gasteiger partial charge in [-0.15, -0.1) is 0 Å². The van der Waals surface area contributed by atoms with E-state index >= 15 is 0 Å². The summed E-state index contributed by atoms with van der Waals surface area (Å²) >= 11 is 6.10. The summed E-state index contributed by atoms with van der Waals surface area (Å²) in [7, 11) is -3.71. The number of benzene rings is 2. The van der Waals surface area contributed by atoms with Gasteiger partial charge in [0.05, 0.1) is 18.9 Å². The normalized spacial score (nSPS) is 15.7. The number of nitrogens with one attached hydrogen (secondary N) is 1. The number of halogens is 1. The maximum atomic E-state index is 13.6. The van der Waals surface area contributed by atoms with Crippen LogP contribution in [0.2, 0.25) is 5.02 Å². The smallest absolute Gasteiger partial charge is 0.264 e. The molecule has 0 aliphatic carbocycles. The number of aryl methyl sites for hydroxylation is 1. The molecule has 0 fully saturated rings. The van der Waals surface area contributed by atoms with Crippen LogP contribution in [-0.4, -0.2) is 54.8 Å². The zero-order valence-corrected chi connectivity index (χ0v) is 22.4. The van der Waals surface area contributed by atoms with E-state index in [1.165, 1.54) is 4.90 Å². The molecule has 1 N–H and O–H groups in total. The zero-order chi connectivity index (χ0) is 27.4. The van der Waals surface area contributed by atoms with Crippen LogP contribution < -0.4 is 5.32 Å². The SMILES string of the molecule is Cc1ccc(NC(=O)c2ccc(CN3C(=O)c4ccc(Cl)cc4CC(=O)[C@H]3CCOS(C)(=O)=O)cc2)nc1. The molecule has 11 heteroatoms. The lowest BCUT2D eigenvalue weighted by atomic mass is 10.0. The molecule has 2 amide bonds. The minimum Gasteiger partial charge on any atom is -0.324 e. The van der Waals surface area contributed by atoms with Crippen molar-refractivity contribution in [1.29, 1.82) is 0 Å². The Balaban J connectivity index is 1.56. The quantitative estimate of drug-likeness (QED) is 0.419. The third-order valence-corrected chi connectivity index (χ3v) is 6.91. The number of hydrogen-bond acceptors (Lipinski definition) is 7. The summed E-state index contributed by atoms with van der Waals surface area (Å²) in [4.78, 5) is 45.0. The second-order valence-corrected chi connectivity index (χ2v) is 11.2. The highest BCUT2D eigenvalue weighted by atomic mass is 35.5. The first kappa shape index (κ1) is 27.4. The van der Waals surface area contributed by atoms with Gasteiger partial charge in [0.1, 0.15) is 5.82 Å². The van der Waals surface area contributed by atoms with Crippen LogP contribution in [0.3, 0.4) is 0 Å². The Hall–Kier alpha value is -3.60. The lowest BCUT2D eigenvalue weighted by molar-refractivity contribution is -0.123. The fraction of sp³-hybridized carbons (Fsp3) is 0.259.